The highest BCUT2D eigenvalue weighted by atomic mass is 127. The lowest BCUT2D eigenvalue weighted by atomic mass is 10.3. The van der Waals surface area contributed by atoms with Crippen LogP contribution in [0.4, 0.5) is 0 Å². The zero-order chi connectivity index (χ0) is 15.8. The summed E-state index contributed by atoms with van der Waals surface area (Å²) in [6.07, 6.45) is 3.02. The molecular weight excluding hydrogens is 491 g/mol. The quantitative estimate of drug-likeness (QED) is 0.216. The minimum absolute atomic E-state index is 0. The number of nitrogens with one attached hydrogen (secondary N) is 3. The maximum Gasteiger partial charge on any atom is 0.223 e. The maximum absolute atomic E-state index is 11.5. The van der Waals surface area contributed by atoms with Gasteiger partial charge < -0.3 is 16.0 Å². The van der Waals surface area contributed by atoms with Crippen molar-refractivity contribution in [3.63, 3.8) is 0 Å². The zero-order valence-electron chi connectivity index (χ0n) is 13.2. The minimum Gasteiger partial charge on any atom is -0.357 e. The van der Waals surface area contributed by atoms with Crippen LogP contribution in [0.25, 0.3) is 0 Å². The van der Waals surface area contributed by atoms with Gasteiger partial charge in [0.05, 0.1) is 3.79 Å². The maximum atomic E-state index is 11.5. The summed E-state index contributed by atoms with van der Waals surface area (Å²) in [6.45, 7) is 4.94. The standard InChI is InChI=1S/C15H23BrN4OS.HI/c1-2-17-15(19-8-7-12-5-6-13(16)22-12)20-10-9-18-14(21)11-3-4-11;/h5-6,11H,2-4,7-10H2,1H3,(H,18,21)(H2,17,19,20);1H. The Bertz CT molecular complexity index is 519. The SMILES string of the molecule is CCNC(=NCCc1ccc(Br)s1)NCCNC(=O)C1CC1.I. The summed E-state index contributed by atoms with van der Waals surface area (Å²) < 4.78 is 1.16. The summed E-state index contributed by atoms with van der Waals surface area (Å²) in [6, 6.07) is 4.19. The van der Waals surface area contributed by atoms with Gasteiger partial charge in [0.2, 0.25) is 5.91 Å². The second-order valence-electron chi connectivity index (χ2n) is 5.21. The van der Waals surface area contributed by atoms with E-state index in [0.29, 0.717) is 13.1 Å². The van der Waals surface area contributed by atoms with E-state index in [0.717, 1.165) is 42.1 Å². The first-order valence-electron chi connectivity index (χ1n) is 7.73. The molecule has 0 spiro atoms. The smallest absolute Gasteiger partial charge is 0.223 e. The van der Waals surface area contributed by atoms with Gasteiger partial charge in [-0.25, -0.2) is 0 Å². The number of aliphatic imine (C=N–C) groups is 1. The zero-order valence-corrected chi connectivity index (χ0v) is 18.0. The molecule has 1 aliphatic carbocycles. The van der Waals surface area contributed by atoms with Crippen molar-refractivity contribution in [2.75, 3.05) is 26.2 Å². The third-order valence-electron chi connectivity index (χ3n) is 3.27. The summed E-state index contributed by atoms with van der Waals surface area (Å²) in [5, 5.41) is 9.40. The monoisotopic (exact) mass is 514 g/mol. The molecule has 1 amide bonds. The van der Waals surface area contributed by atoms with Crippen LogP contribution >= 0.6 is 51.2 Å². The van der Waals surface area contributed by atoms with E-state index in [-0.39, 0.29) is 35.8 Å². The molecule has 1 heterocycles. The van der Waals surface area contributed by atoms with E-state index in [1.54, 1.807) is 11.3 Å². The van der Waals surface area contributed by atoms with Crippen molar-refractivity contribution in [1.29, 1.82) is 0 Å². The number of guanidine groups is 1. The van der Waals surface area contributed by atoms with E-state index in [4.69, 9.17) is 0 Å². The third-order valence-corrected chi connectivity index (χ3v) is 4.95. The number of carbonyl (C=O) groups excluding carboxylic acids is 1. The van der Waals surface area contributed by atoms with Crippen molar-refractivity contribution in [2.45, 2.75) is 26.2 Å². The summed E-state index contributed by atoms with van der Waals surface area (Å²) in [5.41, 5.74) is 0. The van der Waals surface area contributed by atoms with Crippen molar-refractivity contribution < 1.29 is 4.79 Å². The second-order valence-corrected chi connectivity index (χ2v) is 7.76. The highest BCUT2D eigenvalue weighted by Crippen LogP contribution is 2.28. The molecule has 0 atom stereocenters. The largest absolute Gasteiger partial charge is 0.357 e. The minimum atomic E-state index is 0. The molecule has 3 N–H and O–H groups in total. The lowest BCUT2D eigenvalue weighted by Crippen LogP contribution is -2.41. The highest BCUT2D eigenvalue weighted by molar-refractivity contribution is 14.0. The average Bonchev–Trinajstić information content (AvgIpc) is 3.27. The Hall–Kier alpha value is -0.350. The Morgan fingerprint density at radius 2 is 2.04 bits per heavy atom. The van der Waals surface area contributed by atoms with Crippen LogP contribution in [0.2, 0.25) is 0 Å². The molecule has 0 bridgehead atoms. The van der Waals surface area contributed by atoms with Crippen molar-refractivity contribution in [3.05, 3.63) is 20.8 Å². The number of nitrogens with zero attached hydrogens (tertiary/aromatic N) is 1. The Morgan fingerprint density at radius 1 is 1.30 bits per heavy atom. The van der Waals surface area contributed by atoms with Gasteiger partial charge in [0.1, 0.15) is 0 Å². The molecule has 1 fully saturated rings. The van der Waals surface area contributed by atoms with Gasteiger partial charge in [0.15, 0.2) is 5.96 Å². The number of thiophene rings is 1. The van der Waals surface area contributed by atoms with Gasteiger partial charge in [-0.2, -0.15) is 0 Å². The predicted molar refractivity (Wildman–Crippen MR) is 111 cm³/mol. The number of hydrogen-bond donors (Lipinski definition) is 3. The molecule has 130 valence electrons. The first kappa shape index (κ1) is 20.7. The molecule has 23 heavy (non-hydrogen) atoms. The summed E-state index contributed by atoms with van der Waals surface area (Å²) in [7, 11) is 0. The van der Waals surface area contributed by atoms with Crippen LogP contribution in [0.1, 0.15) is 24.6 Å². The van der Waals surface area contributed by atoms with Gasteiger partial charge in [0.25, 0.3) is 0 Å². The van der Waals surface area contributed by atoms with Crippen LogP contribution in [-0.2, 0) is 11.2 Å². The molecule has 2 rings (SSSR count). The van der Waals surface area contributed by atoms with Crippen LogP contribution in [-0.4, -0.2) is 38.0 Å². The molecule has 1 saturated carbocycles. The van der Waals surface area contributed by atoms with Crippen molar-refractivity contribution in [2.24, 2.45) is 10.9 Å². The summed E-state index contributed by atoms with van der Waals surface area (Å²) in [4.78, 5) is 17.4. The Morgan fingerprint density at radius 3 is 2.65 bits per heavy atom. The Labute approximate surface area is 167 Å². The molecule has 0 radical (unpaired) electrons. The molecule has 1 aromatic heterocycles. The topological polar surface area (TPSA) is 65.5 Å². The first-order chi connectivity index (χ1) is 10.7. The van der Waals surface area contributed by atoms with Crippen LogP contribution in [0.3, 0.4) is 0 Å². The molecule has 0 unspecified atom stereocenters. The lowest BCUT2D eigenvalue weighted by Gasteiger charge is -2.11. The van der Waals surface area contributed by atoms with E-state index >= 15 is 0 Å². The van der Waals surface area contributed by atoms with Crippen molar-refractivity contribution in [3.8, 4) is 0 Å². The normalized spacial score (nSPS) is 14.1. The number of halogens is 2. The highest BCUT2D eigenvalue weighted by Gasteiger charge is 2.28. The van der Waals surface area contributed by atoms with E-state index in [2.05, 4.69) is 49.0 Å². The van der Waals surface area contributed by atoms with Gasteiger partial charge in [-0.15, -0.1) is 35.3 Å². The van der Waals surface area contributed by atoms with Crippen LogP contribution in [0.15, 0.2) is 20.9 Å². The number of hydrogen-bond acceptors (Lipinski definition) is 3. The van der Waals surface area contributed by atoms with Gasteiger partial charge >= 0.3 is 0 Å². The summed E-state index contributed by atoms with van der Waals surface area (Å²) >= 11 is 5.21. The molecule has 8 heteroatoms. The van der Waals surface area contributed by atoms with Crippen molar-refractivity contribution >= 4 is 63.1 Å². The predicted octanol–water partition coefficient (Wildman–Crippen LogP) is 2.75. The lowest BCUT2D eigenvalue weighted by molar-refractivity contribution is -0.122. The average molecular weight is 515 g/mol. The number of amides is 1. The molecule has 0 saturated heterocycles. The van der Waals surface area contributed by atoms with E-state index in [1.807, 2.05) is 6.92 Å². The third kappa shape index (κ3) is 8.35. The van der Waals surface area contributed by atoms with Gasteiger partial charge in [-0.1, -0.05) is 0 Å². The van der Waals surface area contributed by atoms with Crippen molar-refractivity contribution in [1.82, 2.24) is 16.0 Å². The Kier molecular flexibility index (Phi) is 10.1. The van der Waals surface area contributed by atoms with Crippen LogP contribution in [0, 0.1) is 5.92 Å². The number of carbonyl (C=O) groups is 1. The molecule has 1 aromatic rings. The summed E-state index contributed by atoms with van der Waals surface area (Å²) in [5.74, 6) is 1.26. The molecule has 1 aliphatic rings. The van der Waals surface area contributed by atoms with Crippen LogP contribution in [0.5, 0.6) is 0 Å². The van der Waals surface area contributed by atoms with E-state index < -0.39 is 0 Å². The van der Waals surface area contributed by atoms with Gasteiger partial charge in [-0.05, 0) is 47.8 Å². The van der Waals surface area contributed by atoms with Gasteiger partial charge in [-0.3, -0.25) is 9.79 Å². The second kappa shape index (κ2) is 11.2. The fraction of sp³-hybridized carbons (Fsp3) is 0.600. The van der Waals surface area contributed by atoms with Crippen LogP contribution < -0.4 is 16.0 Å². The fourth-order valence-corrected chi connectivity index (χ4v) is 3.43. The van der Waals surface area contributed by atoms with Gasteiger partial charge in [0, 0.05) is 43.4 Å². The van der Waals surface area contributed by atoms with E-state index in [9.17, 15) is 4.79 Å². The molecular formula is C15H24BrIN4OS. The molecule has 0 aliphatic heterocycles. The number of rotatable bonds is 8. The molecule has 5 nitrogen and oxygen atoms in total. The first-order valence-corrected chi connectivity index (χ1v) is 9.34. The fourth-order valence-electron chi connectivity index (χ4n) is 1.96. The Balaban J connectivity index is 0.00000264. The van der Waals surface area contributed by atoms with E-state index in [1.165, 1.54) is 4.88 Å². The molecule has 0 aromatic carbocycles.